The Morgan fingerprint density at radius 3 is 2.47 bits per heavy atom. The van der Waals surface area contributed by atoms with Crippen molar-refractivity contribution in [2.75, 3.05) is 37.8 Å². The summed E-state index contributed by atoms with van der Waals surface area (Å²) in [5.41, 5.74) is 1.13. The van der Waals surface area contributed by atoms with Crippen LogP contribution in [0.3, 0.4) is 0 Å². The number of carbonyl (C=O) groups excluding carboxylic acids is 2. The number of amides is 3. The minimum Gasteiger partial charge on any atom is -0.495 e. The summed E-state index contributed by atoms with van der Waals surface area (Å²) in [6.07, 6.45) is 1.40. The number of hydrogen-bond acceptors (Lipinski definition) is 4. The molecular formula is C22H24FN3O3S. The van der Waals surface area contributed by atoms with Crippen LogP contribution in [0, 0.1) is 5.82 Å². The first-order chi connectivity index (χ1) is 14.5. The molecule has 0 aromatic heterocycles. The number of benzene rings is 2. The predicted molar refractivity (Wildman–Crippen MR) is 115 cm³/mol. The second-order valence-corrected chi connectivity index (χ2v) is 8.83. The van der Waals surface area contributed by atoms with Crippen LogP contribution in [0.15, 0.2) is 48.5 Å². The van der Waals surface area contributed by atoms with Crippen LogP contribution in [-0.4, -0.2) is 59.1 Å². The van der Waals surface area contributed by atoms with Gasteiger partial charge in [-0.3, -0.25) is 4.79 Å². The average molecular weight is 430 g/mol. The maximum Gasteiger partial charge on any atom is 0.321 e. The number of thioether (sulfide) groups is 1. The van der Waals surface area contributed by atoms with E-state index in [2.05, 4.69) is 5.32 Å². The van der Waals surface area contributed by atoms with Crippen molar-refractivity contribution < 1.29 is 18.7 Å². The van der Waals surface area contributed by atoms with Gasteiger partial charge < -0.3 is 19.9 Å². The minimum atomic E-state index is -0.355. The summed E-state index contributed by atoms with van der Waals surface area (Å²) in [5, 5.41) is 2.91. The minimum absolute atomic E-state index is 0.0769. The Kier molecular flexibility index (Phi) is 5.85. The molecule has 0 radical (unpaired) electrons. The Morgan fingerprint density at radius 2 is 1.77 bits per heavy atom. The molecule has 2 aromatic rings. The summed E-state index contributed by atoms with van der Waals surface area (Å²) in [4.78, 5) is 29.2. The van der Waals surface area contributed by atoms with Crippen molar-refractivity contribution in [1.29, 1.82) is 0 Å². The number of rotatable bonds is 3. The largest absolute Gasteiger partial charge is 0.495 e. The molecule has 8 heteroatoms. The molecule has 3 amide bonds. The van der Waals surface area contributed by atoms with Gasteiger partial charge in [-0.1, -0.05) is 12.1 Å². The summed E-state index contributed by atoms with van der Waals surface area (Å²) in [6.45, 7) is 1.77. The van der Waals surface area contributed by atoms with E-state index in [1.807, 2.05) is 17.0 Å². The molecule has 2 aliphatic heterocycles. The number of hydrogen-bond donors (Lipinski definition) is 1. The second-order valence-electron chi connectivity index (χ2n) is 7.38. The van der Waals surface area contributed by atoms with E-state index in [1.54, 1.807) is 35.9 Å². The molecule has 2 aliphatic rings. The zero-order valence-electron chi connectivity index (χ0n) is 16.8. The summed E-state index contributed by atoms with van der Waals surface area (Å²) in [7, 11) is 1.57. The number of halogens is 1. The molecule has 158 valence electrons. The zero-order valence-corrected chi connectivity index (χ0v) is 17.6. The standard InChI is InChI=1S/C22H24FN3O3S/c1-29-19-5-3-2-4-18(19)24-21(28)25-12-10-22(11-13-25)26(14-15-30-22)20(27)16-6-8-17(23)9-7-16/h2-9H,10-15H2,1H3,(H,24,28). The number of urea groups is 1. The van der Waals surface area contributed by atoms with E-state index in [0.29, 0.717) is 49.5 Å². The van der Waals surface area contributed by atoms with Gasteiger partial charge in [0.2, 0.25) is 0 Å². The van der Waals surface area contributed by atoms with Gasteiger partial charge in [0.05, 0.1) is 17.7 Å². The number of nitrogens with one attached hydrogen (secondary N) is 1. The lowest BCUT2D eigenvalue weighted by Crippen LogP contribution is -2.54. The molecule has 0 aliphatic carbocycles. The van der Waals surface area contributed by atoms with Crippen molar-refractivity contribution in [3.05, 3.63) is 59.9 Å². The molecule has 1 spiro atoms. The van der Waals surface area contributed by atoms with Gasteiger partial charge >= 0.3 is 6.03 Å². The van der Waals surface area contributed by atoms with E-state index >= 15 is 0 Å². The van der Waals surface area contributed by atoms with Gasteiger partial charge in [-0.2, -0.15) is 0 Å². The van der Waals surface area contributed by atoms with E-state index in [0.717, 1.165) is 5.75 Å². The first-order valence-electron chi connectivity index (χ1n) is 9.93. The van der Waals surface area contributed by atoms with Crippen LogP contribution >= 0.6 is 11.8 Å². The SMILES string of the molecule is COc1ccccc1NC(=O)N1CCC2(CC1)SCCN2C(=O)c1ccc(F)cc1. The van der Waals surface area contributed by atoms with Gasteiger partial charge in [0.25, 0.3) is 5.91 Å². The van der Waals surface area contributed by atoms with Crippen LogP contribution in [0.25, 0.3) is 0 Å². The lowest BCUT2D eigenvalue weighted by atomic mass is 10.0. The fourth-order valence-electron chi connectivity index (χ4n) is 4.06. The number of para-hydroxylation sites is 2. The zero-order chi connectivity index (χ0) is 21.1. The van der Waals surface area contributed by atoms with Gasteiger partial charge in [-0.25, -0.2) is 9.18 Å². The summed E-state index contributed by atoms with van der Waals surface area (Å²) in [5.74, 6) is 1.04. The Labute approximate surface area is 179 Å². The first kappa shape index (κ1) is 20.5. The number of ether oxygens (including phenoxy) is 1. The number of carbonyl (C=O) groups is 2. The van der Waals surface area contributed by atoms with Crippen LogP contribution in [-0.2, 0) is 0 Å². The lowest BCUT2D eigenvalue weighted by Gasteiger charge is -2.44. The monoisotopic (exact) mass is 429 g/mol. The third kappa shape index (κ3) is 3.96. The molecule has 2 aromatic carbocycles. The highest BCUT2D eigenvalue weighted by Gasteiger charge is 2.47. The van der Waals surface area contributed by atoms with Crippen molar-refractivity contribution in [2.45, 2.75) is 17.7 Å². The average Bonchev–Trinajstić information content (AvgIpc) is 3.17. The molecule has 0 saturated carbocycles. The number of piperidine rings is 1. The fourth-order valence-corrected chi connectivity index (χ4v) is 5.51. The Bertz CT molecular complexity index is 929. The van der Waals surface area contributed by atoms with Crippen molar-refractivity contribution in [3.8, 4) is 5.75 Å². The molecule has 4 rings (SSSR count). The highest BCUT2D eigenvalue weighted by atomic mass is 32.2. The molecule has 0 bridgehead atoms. The lowest BCUT2D eigenvalue weighted by molar-refractivity contribution is 0.0585. The van der Waals surface area contributed by atoms with Crippen molar-refractivity contribution in [2.24, 2.45) is 0 Å². The molecule has 2 heterocycles. The molecule has 0 unspecified atom stereocenters. The quantitative estimate of drug-likeness (QED) is 0.800. The first-order valence-corrected chi connectivity index (χ1v) is 10.9. The molecule has 2 saturated heterocycles. The number of likely N-dealkylation sites (tertiary alicyclic amines) is 1. The van der Waals surface area contributed by atoms with Crippen LogP contribution in [0.4, 0.5) is 14.9 Å². The van der Waals surface area contributed by atoms with E-state index in [4.69, 9.17) is 4.74 Å². The highest BCUT2D eigenvalue weighted by Crippen LogP contribution is 2.44. The predicted octanol–water partition coefficient (Wildman–Crippen LogP) is 4.05. The Hall–Kier alpha value is -2.74. The van der Waals surface area contributed by atoms with Gasteiger partial charge in [0.15, 0.2) is 0 Å². The number of anilines is 1. The van der Waals surface area contributed by atoms with Crippen LogP contribution in [0.1, 0.15) is 23.2 Å². The normalized spacial score (nSPS) is 17.8. The Balaban J connectivity index is 1.41. The Morgan fingerprint density at radius 1 is 1.07 bits per heavy atom. The summed E-state index contributed by atoms with van der Waals surface area (Å²) < 4.78 is 18.5. The topological polar surface area (TPSA) is 61.9 Å². The van der Waals surface area contributed by atoms with Crippen LogP contribution < -0.4 is 10.1 Å². The molecule has 6 nitrogen and oxygen atoms in total. The van der Waals surface area contributed by atoms with Crippen LogP contribution in [0.2, 0.25) is 0 Å². The molecular weight excluding hydrogens is 405 g/mol. The van der Waals surface area contributed by atoms with E-state index in [-0.39, 0.29) is 22.6 Å². The van der Waals surface area contributed by atoms with Crippen molar-refractivity contribution in [3.63, 3.8) is 0 Å². The summed E-state index contributed by atoms with van der Waals surface area (Å²) in [6, 6.07) is 12.8. The smallest absolute Gasteiger partial charge is 0.321 e. The van der Waals surface area contributed by atoms with E-state index < -0.39 is 0 Å². The molecule has 30 heavy (non-hydrogen) atoms. The molecule has 1 N–H and O–H groups in total. The second kappa shape index (κ2) is 8.55. The van der Waals surface area contributed by atoms with E-state index in [1.165, 1.54) is 24.3 Å². The maximum atomic E-state index is 13.2. The fraction of sp³-hybridized carbons (Fsp3) is 0.364. The van der Waals surface area contributed by atoms with E-state index in [9.17, 15) is 14.0 Å². The van der Waals surface area contributed by atoms with Gasteiger partial charge in [0, 0.05) is 31.0 Å². The maximum absolute atomic E-state index is 13.2. The van der Waals surface area contributed by atoms with Crippen molar-refractivity contribution >= 4 is 29.4 Å². The number of methoxy groups -OCH3 is 1. The van der Waals surface area contributed by atoms with Gasteiger partial charge in [-0.15, -0.1) is 11.8 Å². The molecule has 0 atom stereocenters. The van der Waals surface area contributed by atoms with Crippen LogP contribution in [0.5, 0.6) is 5.75 Å². The highest BCUT2D eigenvalue weighted by molar-refractivity contribution is 8.00. The van der Waals surface area contributed by atoms with Gasteiger partial charge in [0.1, 0.15) is 11.6 Å². The third-order valence-corrected chi connectivity index (χ3v) is 7.25. The van der Waals surface area contributed by atoms with Crippen molar-refractivity contribution in [1.82, 2.24) is 9.80 Å². The number of nitrogens with zero attached hydrogens (tertiary/aromatic N) is 2. The third-order valence-electron chi connectivity index (χ3n) is 5.69. The molecule has 2 fully saturated rings. The van der Waals surface area contributed by atoms with Gasteiger partial charge in [-0.05, 0) is 49.2 Å². The summed E-state index contributed by atoms with van der Waals surface area (Å²) >= 11 is 1.78.